The number of aromatic nitrogens is 3. The van der Waals surface area contributed by atoms with Crippen LogP contribution in [0.25, 0.3) is 0 Å². The molecule has 1 fully saturated rings. The first kappa shape index (κ1) is 17.4. The third-order valence-corrected chi connectivity index (χ3v) is 4.49. The average Bonchev–Trinajstić information content (AvgIpc) is 3.14. The van der Waals surface area contributed by atoms with E-state index in [4.69, 9.17) is 0 Å². The Kier molecular flexibility index (Phi) is 5.65. The number of aryl methyl sites for hydroxylation is 1. The van der Waals surface area contributed by atoms with Gasteiger partial charge in [-0.25, -0.2) is 4.98 Å². The van der Waals surface area contributed by atoms with E-state index in [9.17, 15) is 9.90 Å². The van der Waals surface area contributed by atoms with Gasteiger partial charge in [-0.1, -0.05) is 6.07 Å². The number of hydrogen-bond donors (Lipinski definition) is 2. The number of pyridine rings is 1. The zero-order valence-electron chi connectivity index (χ0n) is 14.3. The quantitative estimate of drug-likeness (QED) is 0.789. The Balaban J connectivity index is 1.44. The number of rotatable bonds is 7. The highest BCUT2D eigenvalue weighted by molar-refractivity contribution is 5.75. The maximum absolute atomic E-state index is 12.0. The first-order valence-corrected chi connectivity index (χ1v) is 8.77. The van der Waals surface area contributed by atoms with Crippen molar-refractivity contribution in [2.75, 3.05) is 24.5 Å². The van der Waals surface area contributed by atoms with E-state index in [-0.39, 0.29) is 12.5 Å². The molecule has 1 aliphatic heterocycles. The van der Waals surface area contributed by atoms with E-state index in [1.54, 1.807) is 12.4 Å². The number of anilines is 1. The molecule has 0 radical (unpaired) electrons. The molecule has 25 heavy (non-hydrogen) atoms. The molecule has 2 N–H and O–H groups in total. The lowest BCUT2D eigenvalue weighted by Crippen LogP contribution is -2.54. The Labute approximate surface area is 147 Å². The van der Waals surface area contributed by atoms with Gasteiger partial charge in [-0.05, 0) is 37.5 Å². The topological polar surface area (TPSA) is 83.3 Å². The van der Waals surface area contributed by atoms with Gasteiger partial charge in [-0.3, -0.25) is 9.48 Å². The van der Waals surface area contributed by atoms with Crippen LogP contribution in [0.2, 0.25) is 0 Å². The minimum absolute atomic E-state index is 0.0319. The number of nitrogens with zero attached hydrogens (tertiary/aromatic N) is 4. The van der Waals surface area contributed by atoms with Crippen LogP contribution < -0.4 is 10.2 Å². The summed E-state index contributed by atoms with van der Waals surface area (Å²) in [5, 5.41) is 17.8. The van der Waals surface area contributed by atoms with Gasteiger partial charge in [0.2, 0.25) is 5.91 Å². The van der Waals surface area contributed by atoms with E-state index < -0.39 is 5.60 Å². The molecule has 0 bridgehead atoms. The van der Waals surface area contributed by atoms with Crippen molar-refractivity contribution in [1.82, 2.24) is 20.1 Å². The summed E-state index contributed by atoms with van der Waals surface area (Å²) in [6.45, 7) is 2.35. The van der Waals surface area contributed by atoms with Gasteiger partial charge in [0.05, 0.1) is 5.60 Å². The molecule has 3 rings (SSSR count). The summed E-state index contributed by atoms with van der Waals surface area (Å²) >= 11 is 0. The number of hydrogen-bond acceptors (Lipinski definition) is 5. The third-order valence-electron chi connectivity index (χ3n) is 4.49. The summed E-state index contributed by atoms with van der Waals surface area (Å²) in [4.78, 5) is 18.5. The molecule has 2 aromatic rings. The number of aliphatic hydroxyl groups is 1. The third kappa shape index (κ3) is 5.03. The van der Waals surface area contributed by atoms with Crippen molar-refractivity contribution < 1.29 is 9.90 Å². The lowest BCUT2D eigenvalue weighted by Gasteiger charge is -2.39. The van der Waals surface area contributed by atoms with Crippen molar-refractivity contribution in [3.8, 4) is 0 Å². The molecule has 3 heterocycles. The predicted octanol–water partition coefficient (Wildman–Crippen LogP) is 1.21. The second kappa shape index (κ2) is 8.11. The van der Waals surface area contributed by atoms with Gasteiger partial charge < -0.3 is 15.3 Å². The molecule has 1 amide bonds. The first-order valence-electron chi connectivity index (χ1n) is 8.77. The van der Waals surface area contributed by atoms with Crippen molar-refractivity contribution in [2.45, 2.75) is 37.8 Å². The molecule has 7 heteroatoms. The van der Waals surface area contributed by atoms with Crippen LogP contribution in [0.1, 0.15) is 25.7 Å². The van der Waals surface area contributed by atoms with Gasteiger partial charge in [0.15, 0.2) is 0 Å². The van der Waals surface area contributed by atoms with Gasteiger partial charge in [0, 0.05) is 51.2 Å². The molecule has 0 spiro atoms. The highest BCUT2D eigenvalue weighted by Gasteiger charge is 2.34. The smallest absolute Gasteiger partial charge is 0.220 e. The van der Waals surface area contributed by atoms with Gasteiger partial charge in [0.1, 0.15) is 5.82 Å². The predicted molar refractivity (Wildman–Crippen MR) is 95.1 cm³/mol. The van der Waals surface area contributed by atoms with Gasteiger partial charge in [0.25, 0.3) is 0 Å². The van der Waals surface area contributed by atoms with Crippen molar-refractivity contribution in [2.24, 2.45) is 0 Å². The van der Waals surface area contributed by atoms with Crippen LogP contribution in [-0.2, 0) is 11.3 Å². The van der Waals surface area contributed by atoms with E-state index in [0.717, 1.165) is 31.7 Å². The lowest BCUT2D eigenvalue weighted by molar-refractivity contribution is -0.122. The molecule has 134 valence electrons. The van der Waals surface area contributed by atoms with Gasteiger partial charge in [-0.15, -0.1) is 0 Å². The fourth-order valence-electron chi connectivity index (χ4n) is 3.18. The second-order valence-corrected chi connectivity index (χ2v) is 6.59. The minimum Gasteiger partial charge on any atom is -0.386 e. The number of carbonyl (C=O) groups is 1. The summed E-state index contributed by atoms with van der Waals surface area (Å²) in [6, 6.07) is 7.63. The summed E-state index contributed by atoms with van der Waals surface area (Å²) in [5.41, 5.74) is -0.909. The lowest BCUT2D eigenvalue weighted by atomic mass is 9.92. The van der Waals surface area contributed by atoms with E-state index in [1.165, 1.54) is 0 Å². The van der Waals surface area contributed by atoms with Gasteiger partial charge >= 0.3 is 0 Å². The Hall–Kier alpha value is -2.41. The van der Waals surface area contributed by atoms with Crippen molar-refractivity contribution in [3.63, 3.8) is 0 Å². The SMILES string of the molecule is O=C(CCCn1cccn1)NC[C@@]1(O)CCCN(c2ccccn2)C1. The monoisotopic (exact) mass is 343 g/mol. The summed E-state index contributed by atoms with van der Waals surface area (Å²) in [7, 11) is 0. The zero-order valence-corrected chi connectivity index (χ0v) is 14.3. The number of nitrogens with one attached hydrogen (secondary N) is 1. The standard InChI is InChI=1S/C18H25N5O2/c24-17(7-3-12-23-13-5-10-21-23)20-14-18(25)8-4-11-22(15-18)16-6-1-2-9-19-16/h1-2,5-6,9-10,13,25H,3-4,7-8,11-12,14-15H2,(H,20,24)/t18-/m0/s1. The van der Waals surface area contributed by atoms with Crippen LogP contribution in [0.15, 0.2) is 42.9 Å². The Morgan fingerprint density at radius 1 is 1.32 bits per heavy atom. The van der Waals surface area contributed by atoms with Crippen LogP contribution in [0.5, 0.6) is 0 Å². The largest absolute Gasteiger partial charge is 0.386 e. The number of amides is 1. The molecule has 7 nitrogen and oxygen atoms in total. The van der Waals surface area contributed by atoms with Crippen LogP contribution in [-0.4, -0.2) is 51.0 Å². The van der Waals surface area contributed by atoms with E-state index in [2.05, 4.69) is 20.3 Å². The average molecular weight is 343 g/mol. The molecule has 0 unspecified atom stereocenters. The van der Waals surface area contributed by atoms with Crippen LogP contribution in [0.4, 0.5) is 5.82 Å². The van der Waals surface area contributed by atoms with Crippen LogP contribution in [0.3, 0.4) is 0 Å². The molecule has 1 aliphatic rings. The molecular formula is C18H25N5O2. The van der Waals surface area contributed by atoms with Crippen molar-refractivity contribution >= 4 is 11.7 Å². The zero-order chi connectivity index (χ0) is 17.5. The molecule has 2 aromatic heterocycles. The first-order chi connectivity index (χ1) is 12.1. The number of β-amino-alcohol motifs (C(OH)–C–C–N with tert-alkyl or cyclic N) is 1. The fourth-order valence-corrected chi connectivity index (χ4v) is 3.18. The molecule has 1 saturated heterocycles. The van der Waals surface area contributed by atoms with E-state index in [0.29, 0.717) is 19.4 Å². The van der Waals surface area contributed by atoms with Crippen molar-refractivity contribution in [3.05, 3.63) is 42.9 Å². The summed E-state index contributed by atoms with van der Waals surface area (Å²) in [6.07, 6.45) is 8.09. The van der Waals surface area contributed by atoms with E-state index >= 15 is 0 Å². The van der Waals surface area contributed by atoms with Crippen LogP contribution >= 0.6 is 0 Å². The van der Waals surface area contributed by atoms with Crippen molar-refractivity contribution in [1.29, 1.82) is 0 Å². The molecule has 0 aromatic carbocycles. The maximum atomic E-state index is 12.0. The Morgan fingerprint density at radius 2 is 2.24 bits per heavy atom. The maximum Gasteiger partial charge on any atom is 0.220 e. The van der Waals surface area contributed by atoms with E-state index in [1.807, 2.05) is 35.1 Å². The highest BCUT2D eigenvalue weighted by atomic mass is 16.3. The number of carbonyl (C=O) groups excluding carboxylic acids is 1. The second-order valence-electron chi connectivity index (χ2n) is 6.59. The summed E-state index contributed by atoms with van der Waals surface area (Å²) in [5.74, 6) is 0.835. The number of piperidine rings is 1. The Morgan fingerprint density at radius 3 is 3.00 bits per heavy atom. The Bertz CT molecular complexity index is 661. The highest BCUT2D eigenvalue weighted by Crippen LogP contribution is 2.24. The molecule has 1 atom stereocenters. The molecule has 0 aliphatic carbocycles. The minimum atomic E-state index is -0.909. The summed E-state index contributed by atoms with van der Waals surface area (Å²) < 4.78 is 1.81. The van der Waals surface area contributed by atoms with Gasteiger partial charge in [-0.2, -0.15) is 5.10 Å². The molecule has 0 saturated carbocycles. The molecular weight excluding hydrogens is 318 g/mol. The van der Waals surface area contributed by atoms with Crippen LogP contribution in [0, 0.1) is 0 Å². The normalized spacial score (nSPS) is 20.4. The fraction of sp³-hybridized carbons (Fsp3) is 0.500.